The molecule has 2 aliphatic rings. The van der Waals surface area contributed by atoms with E-state index in [1.54, 1.807) is 6.07 Å². The molecule has 1 fully saturated rings. The van der Waals surface area contributed by atoms with E-state index in [0.717, 1.165) is 51.5 Å². The quantitative estimate of drug-likeness (QED) is 0.180. The highest BCUT2D eigenvalue weighted by molar-refractivity contribution is 6.11. The largest absolute Gasteiger partial charge is 0.487 e. The summed E-state index contributed by atoms with van der Waals surface area (Å²) in [5.74, 6) is 2.14. The minimum absolute atomic E-state index is 0.143. The number of ether oxygens (including phenoxy) is 1. The molecule has 214 valence electrons. The second-order valence-electron chi connectivity index (χ2n) is 12.8. The number of nitrogens with zero attached hydrogens (tertiary/aromatic N) is 2. The van der Waals surface area contributed by atoms with Crippen LogP contribution in [0.1, 0.15) is 67.4 Å². The fourth-order valence-corrected chi connectivity index (χ4v) is 7.36. The van der Waals surface area contributed by atoms with E-state index in [1.807, 2.05) is 48.5 Å². The molecule has 1 saturated carbocycles. The highest BCUT2D eigenvalue weighted by Gasteiger charge is 2.47. The van der Waals surface area contributed by atoms with Gasteiger partial charge in [-0.3, -0.25) is 4.79 Å². The molecule has 2 N–H and O–H groups in total. The first kappa shape index (κ1) is 26.8. The summed E-state index contributed by atoms with van der Waals surface area (Å²) in [5.41, 5.74) is 5.69. The van der Waals surface area contributed by atoms with Gasteiger partial charge in [0, 0.05) is 27.8 Å². The summed E-state index contributed by atoms with van der Waals surface area (Å²) in [6.07, 6.45) is 4.03. The Balaban J connectivity index is 1.33. The summed E-state index contributed by atoms with van der Waals surface area (Å²) in [7, 11) is 0. The van der Waals surface area contributed by atoms with Crippen molar-refractivity contribution in [1.82, 2.24) is 15.3 Å². The minimum atomic E-state index is -0.385. The third-order valence-corrected chi connectivity index (χ3v) is 9.47. The first-order valence-electron chi connectivity index (χ1n) is 15.1. The molecule has 0 bridgehead atoms. The molecule has 1 aliphatic carbocycles. The Morgan fingerprint density at radius 2 is 1.71 bits per heavy atom. The Kier molecular flexibility index (Phi) is 6.62. The van der Waals surface area contributed by atoms with Gasteiger partial charge in [0.05, 0.1) is 34.7 Å². The van der Waals surface area contributed by atoms with Crippen LogP contribution in [0.4, 0.5) is 0 Å². The molecule has 0 unspecified atom stereocenters. The molecule has 4 atom stereocenters. The number of carbonyl (C=O) groups is 1. The molecule has 0 saturated heterocycles. The van der Waals surface area contributed by atoms with E-state index in [-0.39, 0.29) is 24.2 Å². The number of aliphatic hydroxyl groups excluding tert-OH is 1. The van der Waals surface area contributed by atoms with E-state index in [9.17, 15) is 9.90 Å². The molecule has 7 rings (SSSR count). The van der Waals surface area contributed by atoms with Gasteiger partial charge in [-0.2, -0.15) is 0 Å². The van der Waals surface area contributed by atoms with Gasteiger partial charge in [0.25, 0.3) is 5.91 Å². The van der Waals surface area contributed by atoms with Crippen LogP contribution in [-0.2, 0) is 6.42 Å². The molecular formula is C36H37N3O3. The molecule has 0 spiro atoms. The van der Waals surface area contributed by atoms with Gasteiger partial charge in [-0.15, -0.1) is 0 Å². The number of amides is 1. The normalized spacial score (nSPS) is 21.9. The monoisotopic (exact) mass is 559 g/mol. The third kappa shape index (κ3) is 4.58. The number of aromatic nitrogens is 2. The maximum absolute atomic E-state index is 13.3. The molecule has 5 aromatic rings. The number of hydrogen-bond acceptors (Lipinski definition) is 5. The second kappa shape index (κ2) is 10.4. The van der Waals surface area contributed by atoms with Crippen molar-refractivity contribution in [1.29, 1.82) is 0 Å². The van der Waals surface area contributed by atoms with Crippen molar-refractivity contribution in [2.24, 2.45) is 11.8 Å². The van der Waals surface area contributed by atoms with Gasteiger partial charge in [0.15, 0.2) is 0 Å². The summed E-state index contributed by atoms with van der Waals surface area (Å²) >= 11 is 0. The molecule has 6 nitrogen and oxygen atoms in total. The van der Waals surface area contributed by atoms with Crippen LogP contribution in [0.5, 0.6) is 5.75 Å². The number of carbonyl (C=O) groups excluding carboxylic acids is 1. The van der Waals surface area contributed by atoms with Crippen LogP contribution >= 0.6 is 0 Å². The van der Waals surface area contributed by atoms with Gasteiger partial charge in [-0.1, -0.05) is 67.9 Å². The maximum Gasteiger partial charge on any atom is 0.251 e. The van der Waals surface area contributed by atoms with E-state index < -0.39 is 0 Å². The van der Waals surface area contributed by atoms with Gasteiger partial charge in [-0.25, -0.2) is 9.97 Å². The van der Waals surface area contributed by atoms with Gasteiger partial charge < -0.3 is 15.2 Å². The van der Waals surface area contributed by atoms with Crippen molar-refractivity contribution in [2.75, 3.05) is 6.61 Å². The third-order valence-electron chi connectivity index (χ3n) is 9.47. The van der Waals surface area contributed by atoms with Crippen molar-refractivity contribution in [2.45, 2.75) is 64.0 Å². The average molecular weight is 560 g/mol. The second-order valence-corrected chi connectivity index (χ2v) is 12.8. The van der Waals surface area contributed by atoms with Crippen LogP contribution in [-0.4, -0.2) is 39.2 Å². The molecule has 0 radical (unpaired) electrons. The lowest BCUT2D eigenvalue weighted by Gasteiger charge is -2.49. The smallest absolute Gasteiger partial charge is 0.251 e. The highest BCUT2D eigenvalue weighted by Crippen LogP contribution is 2.56. The molecule has 1 amide bonds. The number of benzene rings is 4. The highest BCUT2D eigenvalue weighted by atomic mass is 16.5. The summed E-state index contributed by atoms with van der Waals surface area (Å²) in [6, 6.07) is 23.3. The van der Waals surface area contributed by atoms with E-state index in [1.165, 1.54) is 12.0 Å². The number of aliphatic hydroxyl groups is 1. The fraction of sp³-hybridized carbons (Fsp3) is 0.361. The lowest BCUT2D eigenvalue weighted by atomic mass is 9.64. The Hall–Kier alpha value is -4.03. The van der Waals surface area contributed by atoms with Gasteiger partial charge in [0.2, 0.25) is 0 Å². The zero-order chi connectivity index (χ0) is 29.0. The molecule has 4 aromatic carbocycles. The zero-order valence-electron chi connectivity index (χ0n) is 24.4. The number of fused-ring (bicyclic) bond motifs is 9. The molecule has 6 heteroatoms. The molecule has 2 heterocycles. The van der Waals surface area contributed by atoms with E-state index in [0.29, 0.717) is 35.3 Å². The topological polar surface area (TPSA) is 84.3 Å². The standard InChI is InChI=1S/C36H37N3O3/c1-21-13-15-28-27(17-21)31-33-32(25-11-7-8-12-26(25)34(31)42-36(28,2)3)39-30-19-23(14-16-29(30)38-33)35(41)37-24(20-40)18-22-9-5-4-6-10-22/h4-12,14,16,19,21,24,27-28,40H,13,15,17-18,20H2,1-3H3,(H,37,41)/t21-,24+,27-,28-/m0/s1. The molecule has 1 aromatic heterocycles. The van der Waals surface area contributed by atoms with Crippen LogP contribution in [0, 0.1) is 11.8 Å². The van der Waals surface area contributed by atoms with Gasteiger partial charge in [-0.05, 0) is 68.7 Å². The van der Waals surface area contributed by atoms with E-state index >= 15 is 0 Å². The van der Waals surface area contributed by atoms with Crippen molar-refractivity contribution in [3.05, 3.63) is 89.5 Å². The van der Waals surface area contributed by atoms with E-state index in [4.69, 9.17) is 14.7 Å². The Bertz CT molecular complexity index is 1820. The Labute approximate surface area is 246 Å². The lowest BCUT2D eigenvalue weighted by molar-refractivity contribution is -0.0115. The Morgan fingerprint density at radius 3 is 2.50 bits per heavy atom. The first-order valence-corrected chi connectivity index (χ1v) is 15.1. The van der Waals surface area contributed by atoms with Crippen LogP contribution in [0.15, 0.2) is 72.8 Å². The van der Waals surface area contributed by atoms with Crippen LogP contribution in [0.3, 0.4) is 0 Å². The number of rotatable bonds is 5. The van der Waals surface area contributed by atoms with Crippen molar-refractivity contribution in [3.63, 3.8) is 0 Å². The summed E-state index contributed by atoms with van der Waals surface area (Å²) in [4.78, 5) is 23.7. The SMILES string of the molecule is C[C@H]1CC[C@H]2[C@H](C1)c1c(c3ccccc3c3nc4cc(C(=O)N[C@@H](CO)Cc5ccccc5)ccc4nc13)OC2(C)C. The zero-order valence-corrected chi connectivity index (χ0v) is 24.4. The van der Waals surface area contributed by atoms with E-state index in [2.05, 4.69) is 44.3 Å². The summed E-state index contributed by atoms with van der Waals surface area (Å²) < 4.78 is 6.86. The van der Waals surface area contributed by atoms with Gasteiger partial charge in [0.1, 0.15) is 11.4 Å². The fourth-order valence-electron chi connectivity index (χ4n) is 7.36. The molecular weight excluding hydrogens is 522 g/mol. The summed E-state index contributed by atoms with van der Waals surface area (Å²) in [6.45, 7) is 6.69. The number of hydrogen-bond donors (Lipinski definition) is 2. The first-order chi connectivity index (χ1) is 20.3. The molecule has 42 heavy (non-hydrogen) atoms. The average Bonchev–Trinajstić information content (AvgIpc) is 2.99. The minimum Gasteiger partial charge on any atom is -0.487 e. The molecule has 1 aliphatic heterocycles. The number of nitrogens with one attached hydrogen (secondary N) is 1. The predicted molar refractivity (Wildman–Crippen MR) is 167 cm³/mol. The van der Waals surface area contributed by atoms with Gasteiger partial charge >= 0.3 is 0 Å². The van der Waals surface area contributed by atoms with Crippen LogP contribution < -0.4 is 10.1 Å². The lowest BCUT2D eigenvalue weighted by Crippen LogP contribution is -2.46. The summed E-state index contributed by atoms with van der Waals surface area (Å²) in [5, 5.41) is 15.0. The van der Waals surface area contributed by atoms with Crippen LogP contribution in [0.2, 0.25) is 0 Å². The Morgan fingerprint density at radius 1 is 0.976 bits per heavy atom. The van der Waals surface area contributed by atoms with Crippen molar-refractivity contribution in [3.8, 4) is 5.75 Å². The predicted octanol–water partition coefficient (Wildman–Crippen LogP) is 6.96. The van der Waals surface area contributed by atoms with Crippen LogP contribution in [0.25, 0.3) is 32.8 Å². The maximum atomic E-state index is 13.3. The van der Waals surface area contributed by atoms with Crippen molar-refractivity contribution < 1.29 is 14.6 Å². The van der Waals surface area contributed by atoms with Crippen molar-refractivity contribution >= 4 is 38.7 Å².